The second-order valence-corrected chi connectivity index (χ2v) is 27.1. The smallest absolute Gasteiger partial charge is 0.462 e. The number of carbonyl (C=O) groups excluding carboxylic acids is 4. The fraction of sp³-hybridized carbons (Fsp3) is 0.937. The Balaban J connectivity index is 5.25. The molecule has 0 aromatic rings. The number of ether oxygens (including phenoxy) is 4. The number of phosphoric acid groups is 2. The Labute approximate surface area is 498 Å². The first kappa shape index (κ1) is 80.1. The van der Waals surface area contributed by atoms with Gasteiger partial charge in [0.05, 0.1) is 26.4 Å². The standard InChI is InChI=1S/C63H122O17P2/c1-9-55(7)41-33-25-15-13-11-12-14-16-29-37-45-62(67)79-58(49-74-61(66)44-36-28-22-19-26-34-42-56(8)10-2)51-77-81(69,70)75-47-57(64)48-76-82(71,72)78-52-59(80-63(68)46-38-30-21-18-24-32-40-54(5)6)50-73-60(65)43-35-27-20-17-23-31-39-53(3)4/h53-59,64H,9-52H2,1-8H3,(H,69,70)(H,71,72)/t55?,56?,57-,58-,59-/m1/s1. The van der Waals surface area contributed by atoms with Crippen molar-refractivity contribution >= 4 is 39.5 Å². The van der Waals surface area contributed by atoms with Crippen LogP contribution in [0, 0.1) is 23.7 Å². The minimum atomic E-state index is -4.95. The first-order valence-corrected chi connectivity index (χ1v) is 35.8. The summed E-state index contributed by atoms with van der Waals surface area (Å²) in [4.78, 5) is 72.1. The van der Waals surface area contributed by atoms with Crippen molar-refractivity contribution in [3.63, 3.8) is 0 Å². The third kappa shape index (κ3) is 54.7. The Morgan fingerprint density at radius 1 is 0.341 bits per heavy atom. The Morgan fingerprint density at radius 2 is 0.585 bits per heavy atom. The van der Waals surface area contributed by atoms with E-state index in [2.05, 4.69) is 55.4 Å². The van der Waals surface area contributed by atoms with Crippen LogP contribution in [0.15, 0.2) is 0 Å². The molecule has 486 valence electrons. The van der Waals surface area contributed by atoms with Crippen LogP contribution in [-0.4, -0.2) is 96.7 Å². The number of aliphatic hydroxyl groups excluding tert-OH is 1. The van der Waals surface area contributed by atoms with E-state index in [9.17, 15) is 43.2 Å². The van der Waals surface area contributed by atoms with Crippen LogP contribution in [0.1, 0.15) is 299 Å². The number of unbranched alkanes of at least 4 members (excludes halogenated alkanes) is 24. The van der Waals surface area contributed by atoms with Gasteiger partial charge in [-0.1, -0.05) is 248 Å². The molecule has 0 aliphatic carbocycles. The number of hydrogen-bond donors (Lipinski definition) is 3. The molecule has 0 fully saturated rings. The largest absolute Gasteiger partial charge is 0.472 e. The molecule has 0 saturated heterocycles. The van der Waals surface area contributed by atoms with Gasteiger partial charge in [-0.15, -0.1) is 0 Å². The van der Waals surface area contributed by atoms with E-state index >= 15 is 0 Å². The van der Waals surface area contributed by atoms with E-state index in [1.54, 1.807) is 0 Å². The van der Waals surface area contributed by atoms with Crippen LogP contribution in [0.2, 0.25) is 0 Å². The molecule has 17 nitrogen and oxygen atoms in total. The van der Waals surface area contributed by atoms with Crippen molar-refractivity contribution in [3.05, 3.63) is 0 Å². The molecule has 0 aliphatic rings. The number of esters is 4. The lowest BCUT2D eigenvalue weighted by molar-refractivity contribution is -0.161. The number of carbonyl (C=O) groups is 4. The highest BCUT2D eigenvalue weighted by Crippen LogP contribution is 2.45. The van der Waals surface area contributed by atoms with Gasteiger partial charge in [-0.3, -0.25) is 37.3 Å². The van der Waals surface area contributed by atoms with Crippen LogP contribution in [0.25, 0.3) is 0 Å². The number of aliphatic hydroxyl groups is 1. The predicted molar refractivity (Wildman–Crippen MR) is 326 cm³/mol. The van der Waals surface area contributed by atoms with Crippen molar-refractivity contribution in [3.8, 4) is 0 Å². The van der Waals surface area contributed by atoms with Crippen molar-refractivity contribution in [2.24, 2.45) is 23.7 Å². The second kappa shape index (κ2) is 53.3. The minimum absolute atomic E-state index is 0.100. The molecule has 0 aromatic heterocycles. The lowest BCUT2D eigenvalue weighted by Crippen LogP contribution is -2.30. The highest BCUT2D eigenvalue weighted by Gasteiger charge is 2.30. The highest BCUT2D eigenvalue weighted by atomic mass is 31.2. The van der Waals surface area contributed by atoms with E-state index in [1.165, 1.54) is 89.9 Å². The zero-order chi connectivity index (χ0) is 61.1. The molecule has 4 unspecified atom stereocenters. The highest BCUT2D eigenvalue weighted by molar-refractivity contribution is 7.47. The fourth-order valence-corrected chi connectivity index (χ4v) is 10.8. The molecule has 0 radical (unpaired) electrons. The van der Waals surface area contributed by atoms with E-state index in [4.69, 9.17) is 37.0 Å². The van der Waals surface area contributed by atoms with Crippen LogP contribution in [0.4, 0.5) is 0 Å². The summed E-state index contributed by atoms with van der Waals surface area (Å²) in [6.07, 6.45) is 32.4. The van der Waals surface area contributed by atoms with E-state index in [1.807, 2.05) is 0 Å². The van der Waals surface area contributed by atoms with Gasteiger partial charge in [-0.05, 0) is 49.4 Å². The molecule has 7 atom stereocenters. The lowest BCUT2D eigenvalue weighted by Gasteiger charge is -2.21. The zero-order valence-electron chi connectivity index (χ0n) is 53.1. The average Bonchev–Trinajstić information content (AvgIpc) is 3.45. The Kier molecular flexibility index (Phi) is 52.0. The minimum Gasteiger partial charge on any atom is -0.462 e. The normalized spacial score (nSPS) is 15.1. The van der Waals surface area contributed by atoms with Gasteiger partial charge >= 0.3 is 39.5 Å². The van der Waals surface area contributed by atoms with Gasteiger partial charge in [0, 0.05) is 25.7 Å². The van der Waals surface area contributed by atoms with Gasteiger partial charge in [-0.2, -0.15) is 0 Å². The molecule has 82 heavy (non-hydrogen) atoms. The van der Waals surface area contributed by atoms with E-state index < -0.39 is 97.5 Å². The van der Waals surface area contributed by atoms with Crippen LogP contribution in [0.5, 0.6) is 0 Å². The molecule has 0 aliphatic heterocycles. The predicted octanol–water partition coefficient (Wildman–Crippen LogP) is 17.0. The van der Waals surface area contributed by atoms with Crippen LogP contribution < -0.4 is 0 Å². The quantitative estimate of drug-likeness (QED) is 0.0222. The Hall–Kier alpha value is -1.94. The maximum absolute atomic E-state index is 13.0. The average molecular weight is 1210 g/mol. The Morgan fingerprint density at radius 3 is 0.866 bits per heavy atom. The van der Waals surface area contributed by atoms with Gasteiger partial charge in [0.2, 0.25) is 0 Å². The first-order chi connectivity index (χ1) is 39.2. The molecule has 0 heterocycles. The third-order valence-electron chi connectivity index (χ3n) is 15.0. The topological polar surface area (TPSA) is 237 Å². The molecule has 19 heteroatoms. The van der Waals surface area contributed by atoms with Crippen molar-refractivity contribution in [2.75, 3.05) is 39.6 Å². The molecule has 0 saturated carbocycles. The van der Waals surface area contributed by atoms with Crippen LogP contribution in [-0.2, 0) is 65.4 Å². The number of rotatable bonds is 60. The zero-order valence-corrected chi connectivity index (χ0v) is 54.9. The molecule has 3 N–H and O–H groups in total. The molecular weight excluding hydrogens is 1090 g/mol. The van der Waals surface area contributed by atoms with Crippen LogP contribution in [0.3, 0.4) is 0 Å². The molecule has 0 aromatic carbocycles. The van der Waals surface area contributed by atoms with Gasteiger partial charge < -0.3 is 33.8 Å². The van der Waals surface area contributed by atoms with E-state index in [-0.39, 0.29) is 25.7 Å². The summed E-state index contributed by atoms with van der Waals surface area (Å²) in [5.41, 5.74) is 0. The summed E-state index contributed by atoms with van der Waals surface area (Å²) in [6, 6.07) is 0. The first-order valence-electron chi connectivity index (χ1n) is 32.8. The maximum atomic E-state index is 13.0. The van der Waals surface area contributed by atoms with Crippen molar-refractivity contribution < 1.29 is 80.2 Å². The lowest BCUT2D eigenvalue weighted by atomic mass is 9.99. The van der Waals surface area contributed by atoms with Crippen molar-refractivity contribution in [2.45, 2.75) is 318 Å². The number of hydrogen-bond acceptors (Lipinski definition) is 15. The number of phosphoric ester groups is 2. The van der Waals surface area contributed by atoms with E-state index in [0.29, 0.717) is 37.5 Å². The summed E-state index contributed by atoms with van der Waals surface area (Å²) in [5, 5.41) is 10.5. The molecule has 0 amide bonds. The Bertz CT molecular complexity index is 1650. The van der Waals surface area contributed by atoms with Gasteiger partial charge in [0.15, 0.2) is 12.2 Å². The molecule has 0 rings (SSSR count). The van der Waals surface area contributed by atoms with Gasteiger partial charge in [0.25, 0.3) is 0 Å². The monoisotopic (exact) mass is 1210 g/mol. The molecule has 0 bridgehead atoms. The molecular formula is C63H122O17P2. The second-order valence-electron chi connectivity index (χ2n) is 24.2. The van der Waals surface area contributed by atoms with Crippen molar-refractivity contribution in [1.82, 2.24) is 0 Å². The van der Waals surface area contributed by atoms with Gasteiger partial charge in [-0.25, -0.2) is 9.13 Å². The summed E-state index contributed by atoms with van der Waals surface area (Å²) < 4.78 is 67.9. The van der Waals surface area contributed by atoms with Crippen LogP contribution >= 0.6 is 15.6 Å². The van der Waals surface area contributed by atoms with E-state index in [0.717, 1.165) is 115 Å². The summed E-state index contributed by atoms with van der Waals surface area (Å²) in [6.45, 7) is 13.9. The summed E-state index contributed by atoms with van der Waals surface area (Å²) >= 11 is 0. The van der Waals surface area contributed by atoms with Gasteiger partial charge in [0.1, 0.15) is 19.3 Å². The maximum Gasteiger partial charge on any atom is 0.472 e. The SMILES string of the molecule is CCC(C)CCCCCCCCCCCCC(=O)O[C@H](COC(=O)CCCCCCCCC(C)CC)COP(=O)(O)OC[C@@H](O)COP(=O)(O)OC[C@@H](COC(=O)CCCCCCCCC(C)C)OC(=O)CCCCCCCCC(C)C. The summed E-state index contributed by atoms with van der Waals surface area (Å²) in [7, 11) is -9.89. The fourth-order valence-electron chi connectivity index (χ4n) is 9.19. The summed E-state index contributed by atoms with van der Waals surface area (Å²) in [5.74, 6) is 0.736. The third-order valence-corrected chi connectivity index (χ3v) is 16.9. The van der Waals surface area contributed by atoms with Crippen molar-refractivity contribution in [1.29, 1.82) is 0 Å². The molecule has 0 spiro atoms.